The summed E-state index contributed by atoms with van der Waals surface area (Å²) < 4.78 is 15.1. The normalized spacial score (nSPS) is 15.5. The lowest BCUT2D eigenvalue weighted by Crippen LogP contribution is -2.27. The third-order valence-electron chi connectivity index (χ3n) is 3.71. The van der Waals surface area contributed by atoms with Crippen LogP contribution in [0.15, 0.2) is 39.7 Å². The fraction of sp³-hybridized carbons (Fsp3) is 0.167. The lowest BCUT2D eigenvalue weighted by Gasteiger charge is -2.10. The zero-order chi connectivity index (χ0) is 19.6. The van der Waals surface area contributed by atoms with Crippen molar-refractivity contribution in [3.8, 4) is 5.75 Å². The first kappa shape index (κ1) is 19.1. The highest BCUT2D eigenvalue weighted by atomic mass is 35.5. The van der Waals surface area contributed by atoms with Gasteiger partial charge in [-0.05, 0) is 48.2 Å². The first-order chi connectivity index (χ1) is 12.9. The van der Waals surface area contributed by atoms with Gasteiger partial charge in [0.2, 0.25) is 5.76 Å². The smallest absolute Gasteiger partial charge is 0.373 e. The number of halogens is 1. The number of hydrogen-bond acceptors (Lipinski definition) is 7. The summed E-state index contributed by atoms with van der Waals surface area (Å²) in [6, 6.07) is 7.92. The molecule has 0 saturated carbocycles. The van der Waals surface area contributed by atoms with Crippen LogP contribution in [0.3, 0.4) is 0 Å². The van der Waals surface area contributed by atoms with E-state index in [-0.39, 0.29) is 17.2 Å². The average Bonchev–Trinajstić information content (AvgIpc) is 3.22. The summed E-state index contributed by atoms with van der Waals surface area (Å²) in [7, 11) is 2.73. The number of rotatable bonds is 5. The molecule has 0 N–H and O–H groups in total. The van der Waals surface area contributed by atoms with E-state index in [0.717, 1.165) is 16.7 Å². The second kappa shape index (κ2) is 7.89. The van der Waals surface area contributed by atoms with E-state index in [2.05, 4.69) is 4.74 Å². The molecule has 3 rings (SSSR count). The molecular weight excluding hydrogens is 394 g/mol. The maximum absolute atomic E-state index is 12.6. The van der Waals surface area contributed by atoms with E-state index < -0.39 is 17.1 Å². The van der Waals surface area contributed by atoms with Crippen LogP contribution in [0.1, 0.15) is 21.9 Å². The topological polar surface area (TPSA) is 86.0 Å². The van der Waals surface area contributed by atoms with E-state index in [4.69, 9.17) is 20.8 Å². The largest absolute Gasteiger partial charge is 0.496 e. The summed E-state index contributed by atoms with van der Waals surface area (Å²) in [6.07, 6.45) is 1.55. The second-order valence-corrected chi connectivity index (χ2v) is 6.84. The van der Waals surface area contributed by atoms with Crippen LogP contribution in [0, 0.1) is 0 Å². The van der Waals surface area contributed by atoms with Crippen molar-refractivity contribution in [2.45, 2.75) is 6.54 Å². The number of hydrogen-bond donors (Lipinski definition) is 0. The standard InChI is InChI=1S/C18H14ClNO6S/c1-24-13-5-3-11(19)7-10(13)8-15-16(21)20(18(23)27-15)9-12-4-6-14(26-12)17(22)25-2/h3-8H,9H2,1-2H3. The van der Waals surface area contributed by atoms with E-state index in [1.807, 2.05) is 0 Å². The summed E-state index contributed by atoms with van der Waals surface area (Å²) in [4.78, 5) is 37.6. The predicted molar refractivity (Wildman–Crippen MR) is 99.6 cm³/mol. The number of benzene rings is 1. The van der Waals surface area contributed by atoms with E-state index in [0.29, 0.717) is 22.1 Å². The Balaban J connectivity index is 1.82. The van der Waals surface area contributed by atoms with Crippen molar-refractivity contribution in [2.75, 3.05) is 14.2 Å². The fourth-order valence-corrected chi connectivity index (χ4v) is 3.43. The highest BCUT2D eigenvalue weighted by molar-refractivity contribution is 8.18. The van der Waals surface area contributed by atoms with Crippen LogP contribution in [0.5, 0.6) is 5.75 Å². The van der Waals surface area contributed by atoms with Crippen LogP contribution >= 0.6 is 23.4 Å². The number of amides is 2. The molecular formula is C18H14ClNO6S. The van der Waals surface area contributed by atoms with Gasteiger partial charge in [-0.25, -0.2) is 4.79 Å². The first-order valence-electron chi connectivity index (χ1n) is 7.69. The van der Waals surface area contributed by atoms with Crippen molar-refractivity contribution < 1.29 is 28.3 Å². The van der Waals surface area contributed by atoms with E-state index in [1.165, 1.54) is 26.4 Å². The van der Waals surface area contributed by atoms with Gasteiger partial charge in [0, 0.05) is 10.6 Å². The lowest BCUT2D eigenvalue weighted by atomic mass is 10.2. The molecule has 2 aromatic rings. The Hall–Kier alpha value is -2.71. The molecule has 7 nitrogen and oxygen atoms in total. The van der Waals surface area contributed by atoms with Crippen LogP contribution in [0.2, 0.25) is 5.02 Å². The Kier molecular flexibility index (Phi) is 5.57. The number of thioether (sulfide) groups is 1. The number of ether oxygens (including phenoxy) is 2. The number of methoxy groups -OCH3 is 2. The number of imide groups is 1. The molecule has 0 atom stereocenters. The summed E-state index contributed by atoms with van der Waals surface area (Å²) in [6.45, 7) is -0.0916. The number of nitrogens with zero attached hydrogens (tertiary/aromatic N) is 1. The van der Waals surface area contributed by atoms with Crippen molar-refractivity contribution in [1.29, 1.82) is 0 Å². The van der Waals surface area contributed by atoms with Gasteiger partial charge in [0.1, 0.15) is 11.5 Å². The highest BCUT2D eigenvalue weighted by Crippen LogP contribution is 2.35. The van der Waals surface area contributed by atoms with Gasteiger partial charge >= 0.3 is 5.97 Å². The fourth-order valence-electron chi connectivity index (χ4n) is 2.42. The summed E-state index contributed by atoms with van der Waals surface area (Å²) in [5.41, 5.74) is 0.585. The molecule has 0 spiro atoms. The number of carbonyl (C=O) groups excluding carboxylic acids is 3. The van der Waals surface area contributed by atoms with E-state index in [1.54, 1.807) is 24.3 Å². The summed E-state index contributed by atoms with van der Waals surface area (Å²) in [5.74, 6) is -0.288. The Morgan fingerprint density at radius 1 is 1.26 bits per heavy atom. The molecule has 1 aliphatic rings. The molecule has 9 heteroatoms. The number of esters is 1. The van der Waals surface area contributed by atoms with Crippen molar-refractivity contribution in [3.63, 3.8) is 0 Å². The molecule has 1 aromatic carbocycles. The zero-order valence-corrected chi connectivity index (χ0v) is 15.9. The van der Waals surface area contributed by atoms with Crippen LogP contribution in [0.25, 0.3) is 6.08 Å². The van der Waals surface area contributed by atoms with Gasteiger partial charge in [0.15, 0.2) is 0 Å². The van der Waals surface area contributed by atoms with Crippen molar-refractivity contribution >= 4 is 46.6 Å². The van der Waals surface area contributed by atoms with Crippen LogP contribution in [-0.4, -0.2) is 36.2 Å². The SMILES string of the molecule is COC(=O)c1ccc(CN2C(=O)SC(=Cc3cc(Cl)ccc3OC)C2=O)o1. The van der Waals surface area contributed by atoms with Gasteiger partial charge < -0.3 is 13.9 Å². The van der Waals surface area contributed by atoms with Gasteiger partial charge in [-0.15, -0.1) is 0 Å². The third kappa shape index (κ3) is 4.01. The molecule has 27 heavy (non-hydrogen) atoms. The Morgan fingerprint density at radius 3 is 2.74 bits per heavy atom. The molecule has 0 radical (unpaired) electrons. The molecule has 2 amide bonds. The van der Waals surface area contributed by atoms with Gasteiger partial charge in [0.25, 0.3) is 11.1 Å². The molecule has 0 aliphatic carbocycles. The minimum atomic E-state index is -0.636. The quantitative estimate of drug-likeness (QED) is 0.547. The molecule has 0 unspecified atom stereocenters. The zero-order valence-electron chi connectivity index (χ0n) is 14.4. The number of carbonyl (C=O) groups is 3. The average molecular weight is 408 g/mol. The molecule has 1 saturated heterocycles. The van der Waals surface area contributed by atoms with Gasteiger partial charge in [-0.2, -0.15) is 0 Å². The third-order valence-corrected chi connectivity index (χ3v) is 4.86. The van der Waals surface area contributed by atoms with Crippen molar-refractivity contribution in [1.82, 2.24) is 4.90 Å². The Bertz CT molecular complexity index is 951. The second-order valence-electron chi connectivity index (χ2n) is 5.41. The van der Waals surface area contributed by atoms with Gasteiger partial charge in [0.05, 0.1) is 25.7 Å². The Morgan fingerprint density at radius 2 is 2.04 bits per heavy atom. The number of furan rings is 1. The first-order valence-corrected chi connectivity index (χ1v) is 8.88. The molecule has 1 aliphatic heterocycles. The van der Waals surface area contributed by atoms with Crippen LogP contribution in [0.4, 0.5) is 4.79 Å². The maximum Gasteiger partial charge on any atom is 0.373 e. The van der Waals surface area contributed by atoms with Crippen molar-refractivity contribution in [2.24, 2.45) is 0 Å². The molecule has 0 bridgehead atoms. The van der Waals surface area contributed by atoms with Crippen LogP contribution in [-0.2, 0) is 16.1 Å². The van der Waals surface area contributed by atoms with Gasteiger partial charge in [-0.3, -0.25) is 14.5 Å². The summed E-state index contributed by atoms with van der Waals surface area (Å²) in [5, 5.41) is 0.0375. The molecule has 2 heterocycles. The summed E-state index contributed by atoms with van der Waals surface area (Å²) >= 11 is 6.80. The molecule has 140 valence electrons. The van der Waals surface area contributed by atoms with E-state index >= 15 is 0 Å². The van der Waals surface area contributed by atoms with E-state index in [9.17, 15) is 14.4 Å². The minimum Gasteiger partial charge on any atom is -0.496 e. The Labute approximate surface area is 163 Å². The highest BCUT2D eigenvalue weighted by Gasteiger charge is 2.36. The van der Waals surface area contributed by atoms with Crippen molar-refractivity contribution in [3.05, 3.63) is 57.3 Å². The molecule has 1 aromatic heterocycles. The minimum absolute atomic E-state index is 0.00122. The van der Waals surface area contributed by atoms with Gasteiger partial charge in [-0.1, -0.05) is 11.6 Å². The molecule has 1 fully saturated rings. The monoisotopic (exact) mass is 407 g/mol. The predicted octanol–water partition coefficient (Wildman–Crippen LogP) is 3.96. The lowest BCUT2D eigenvalue weighted by molar-refractivity contribution is -0.123. The maximum atomic E-state index is 12.6. The van der Waals surface area contributed by atoms with Crippen LogP contribution < -0.4 is 4.74 Å².